The number of sulfonamides is 1. The highest BCUT2D eigenvalue weighted by atomic mass is 32.2. The van der Waals surface area contributed by atoms with Crippen LogP contribution in [0.3, 0.4) is 0 Å². The Bertz CT molecular complexity index is 660. The first-order chi connectivity index (χ1) is 10.1. The fourth-order valence-electron chi connectivity index (χ4n) is 2.08. The molecule has 2 heterocycles. The first kappa shape index (κ1) is 16.6. The van der Waals surface area contributed by atoms with Crippen molar-refractivity contribution in [1.82, 2.24) is 15.1 Å². The Morgan fingerprint density at radius 2 is 2.14 bits per heavy atom. The molecule has 0 atom stereocenters. The summed E-state index contributed by atoms with van der Waals surface area (Å²) in [6, 6.07) is 0. The second-order valence-electron chi connectivity index (χ2n) is 6.19. The van der Waals surface area contributed by atoms with E-state index < -0.39 is 21.7 Å². The van der Waals surface area contributed by atoms with Crippen LogP contribution in [0.25, 0.3) is 0 Å². The zero-order chi connectivity index (χ0) is 16.5. The third-order valence-electron chi connectivity index (χ3n) is 3.22. The number of anilines is 1. The fraction of sp³-hybridized carbons (Fsp3) is 0.692. The average molecular weight is 330 g/mol. The first-order valence-electron chi connectivity index (χ1n) is 7.16. The molecule has 1 amide bonds. The van der Waals surface area contributed by atoms with Gasteiger partial charge >= 0.3 is 6.09 Å². The molecule has 0 aromatic carbocycles. The predicted molar refractivity (Wildman–Crippen MR) is 82.0 cm³/mol. The van der Waals surface area contributed by atoms with Gasteiger partial charge in [0.2, 0.25) is 10.0 Å². The maximum Gasteiger partial charge on any atom is 0.410 e. The number of nitrogens with zero attached hydrogens (tertiary/aromatic N) is 2. The van der Waals surface area contributed by atoms with Crippen LogP contribution in [0.1, 0.15) is 39.0 Å². The van der Waals surface area contributed by atoms with E-state index in [4.69, 9.17) is 4.74 Å². The molecule has 1 aliphatic heterocycles. The van der Waals surface area contributed by atoms with E-state index in [-0.39, 0.29) is 18.1 Å². The maximum absolute atomic E-state index is 12.1. The van der Waals surface area contributed by atoms with Crippen molar-refractivity contribution in [2.45, 2.75) is 46.3 Å². The number of hydrogen-bond donors (Lipinski definition) is 2. The summed E-state index contributed by atoms with van der Waals surface area (Å²) in [6.45, 7) is 7.73. The van der Waals surface area contributed by atoms with E-state index in [9.17, 15) is 13.2 Å². The van der Waals surface area contributed by atoms with Crippen LogP contribution in [0.4, 0.5) is 10.6 Å². The number of fused-ring (bicyclic) bond motifs is 1. The van der Waals surface area contributed by atoms with E-state index in [1.807, 2.05) is 0 Å². The van der Waals surface area contributed by atoms with Crippen LogP contribution < -0.4 is 4.72 Å². The maximum atomic E-state index is 12.1. The molecular weight excluding hydrogens is 308 g/mol. The van der Waals surface area contributed by atoms with Crippen molar-refractivity contribution in [3.8, 4) is 0 Å². The fourth-order valence-corrected chi connectivity index (χ4v) is 2.69. The molecule has 0 spiro atoms. The molecule has 0 radical (unpaired) electrons. The highest BCUT2D eigenvalue weighted by Gasteiger charge is 2.29. The van der Waals surface area contributed by atoms with Crippen LogP contribution in [0.15, 0.2) is 0 Å². The Morgan fingerprint density at radius 3 is 2.73 bits per heavy atom. The number of nitrogens with one attached hydrogen (secondary N) is 2. The monoisotopic (exact) mass is 330 g/mol. The van der Waals surface area contributed by atoms with E-state index in [1.54, 1.807) is 32.6 Å². The van der Waals surface area contributed by atoms with Crippen molar-refractivity contribution in [2.75, 3.05) is 17.0 Å². The summed E-state index contributed by atoms with van der Waals surface area (Å²) in [6.07, 6.45) is 0.166. The van der Waals surface area contributed by atoms with Gasteiger partial charge in [0.15, 0.2) is 5.82 Å². The van der Waals surface area contributed by atoms with E-state index in [2.05, 4.69) is 14.9 Å². The summed E-state index contributed by atoms with van der Waals surface area (Å²) in [5.41, 5.74) is 0.961. The minimum atomic E-state index is -3.41. The largest absolute Gasteiger partial charge is 0.444 e. The Kier molecular flexibility index (Phi) is 4.37. The van der Waals surface area contributed by atoms with Crippen LogP contribution in [-0.4, -0.2) is 47.5 Å². The minimum absolute atomic E-state index is 0.0373. The molecule has 2 N–H and O–H groups in total. The topological polar surface area (TPSA) is 104 Å². The summed E-state index contributed by atoms with van der Waals surface area (Å²) < 4.78 is 31.2. The second kappa shape index (κ2) is 5.79. The molecular formula is C13H22N4O4S. The molecule has 1 aromatic heterocycles. The quantitative estimate of drug-likeness (QED) is 0.873. The number of rotatable bonds is 3. The number of amides is 1. The molecule has 8 nitrogen and oxygen atoms in total. The lowest BCUT2D eigenvalue weighted by Crippen LogP contribution is -2.40. The van der Waals surface area contributed by atoms with Gasteiger partial charge in [-0.05, 0) is 27.7 Å². The molecule has 0 fully saturated rings. The molecule has 0 saturated carbocycles. The Balaban J connectivity index is 2.16. The smallest absolute Gasteiger partial charge is 0.410 e. The molecule has 22 heavy (non-hydrogen) atoms. The van der Waals surface area contributed by atoms with Crippen LogP contribution in [0, 0.1) is 0 Å². The van der Waals surface area contributed by atoms with Gasteiger partial charge in [-0.1, -0.05) is 0 Å². The van der Waals surface area contributed by atoms with Gasteiger partial charge in [0.25, 0.3) is 0 Å². The van der Waals surface area contributed by atoms with Gasteiger partial charge in [0.1, 0.15) is 5.60 Å². The molecule has 1 aliphatic rings. The third-order valence-corrected chi connectivity index (χ3v) is 4.48. The van der Waals surface area contributed by atoms with Crippen molar-refractivity contribution in [3.05, 3.63) is 11.3 Å². The number of ether oxygens (including phenoxy) is 1. The summed E-state index contributed by atoms with van der Waals surface area (Å²) in [5.74, 6) is 0.217. The van der Waals surface area contributed by atoms with Crippen LogP contribution >= 0.6 is 0 Å². The Labute approximate surface area is 130 Å². The molecule has 0 aliphatic carbocycles. The van der Waals surface area contributed by atoms with Gasteiger partial charge < -0.3 is 9.64 Å². The molecule has 0 bridgehead atoms. The summed E-state index contributed by atoms with van der Waals surface area (Å²) in [4.78, 5) is 13.7. The summed E-state index contributed by atoms with van der Waals surface area (Å²) >= 11 is 0. The van der Waals surface area contributed by atoms with Gasteiger partial charge in [-0.2, -0.15) is 5.10 Å². The van der Waals surface area contributed by atoms with E-state index >= 15 is 0 Å². The Hall–Kier alpha value is -1.77. The number of carbonyl (C=O) groups excluding carboxylic acids is 1. The SMILES string of the molecule is CCS(=O)(=O)Nc1n[nH]c2c1CN(C(=O)OC(C)(C)C)CC2. The average Bonchev–Trinajstić information content (AvgIpc) is 2.79. The van der Waals surface area contributed by atoms with Gasteiger partial charge in [-0.25, -0.2) is 13.2 Å². The van der Waals surface area contributed by atoms with Gasteiger partial charge in [0.05, 0.1) is 12.3 Å². The number of hydrogen-bond acceptors (Lipinski definition) is 5. The molecule has 0 saturated heterocycles. The molecule has 2 rings (SSSR count). The van der Waals surface area contributed by atoms with Crippen molar-refractivity contribution < 1.29 is 17.9 Å². The van der Waals surface area contributed by atoms with Crippen molar-refractivity contribution in [3.63, 3.8) is 0 Å². The summed E-state index contributed by atoms with van der Waals surface area (Å²) in [5, 5.41) is 6.83. The standard InChI is InChI=1S/C13H22N4O4S/c1-5-22(19,20)16-11-9-8-17(7-6-10(9)14-15-11)12(18)21-13(2,3)4/h5-8H2,1-4H3,(H2,14,15,16). The molecule has 1 aromatic rings. The molecule has 9 heteroatoms. The number of aromatic amines is 1. The van der Waals surface area contributed by atoms with Gasteiger partial charge in [-0.15, -0.1) is 0 Å². The highest BCUT2D eigenvalue weighted by Crippen LogP contribution is 2.25. The molecule has 124 valence electrons. The van der Waals surface area contributed by atoms with Crippen molar-refractivity contribution in [2.24, 2.45) is 0 Å². The van der Waals surface area contributed by atoms with Crippen molar-refractivity contribution >= 4 is 21.9 Å². The van der Waals surface area contributed by atoms with E-state index in [1.165, 1.54) is 0 Å². The number of aromatic nitrogens is 2. The van der Waals surface area contributed by atoms with E-state index in [0.29, 0.717) is 18.5 Å². The highest BCUT2D eigenvalue weighted by molar-refractivity contribution is 7.92. The lowest BCUT2D eigenvalue weighted by Gasteiger charge is -2.30. The Morgan fingerprint density at radius 1 is 1.45 bits per heavy atom. The van der Waals surface area contributed by atoms with E-state index in [0.717, 1.165) is 5.69 Å². The zero-order valence-corrected chi connectivity index (χ0v) is 14.1. The van der Waals surface area contributed by atoms with Crippen LogP contribution in [0.2, 0.25) is 0 Å². The zero-order valence-electron chi connectivity index (χ0n) is 13.3. The van der Waals surface area contributed by atoms with Crippen LogP contribution in [-0.2, 0) is 27.7 Å². The van der Waals surface area contributed by atoms with Gasteiger partial charge in [0, 0.05) is 24.2 Å². The molecule has 0 unspecified atom stereocenters. The number of carbonyl (C=O) groups is 1. The van der Waals surface area contributed by atoms with Crippen molar-refractivity contribution in [1.29, 1.82) is 0 Å². The minimum Gasteiger partial charge on any atom is -0.444 e. The third kappa shape index (κ3) is 3.90. The van der Waals surface area contributed by atoms with Gasteiger partial charge in [-0.3, -0.25) is 9.82 Å². The lowest BCUT2D eigenvalue weighted by molar-refractivity contribution is 0.0224. The normalized spacial score (nSPS) is 15.4. The lowest BCUT2D eigenvalue weighted by atomic mass is 10.1. The number of H-pyrrole nitrogens is 1. The second-order valence-corrected chi connectivity index (χ2v) is 8.20. The first-order valence-corrected chi connectivity index (χ1v) is 8.81. The predicted octanol–water partition coefficient (Wildman–Crippen LogP) is 1.46. The summed E-state index contributed by atoms with van der Waals surface area (Å²) in [7, 11) is -3.41. The van der Waals surface area contributed by atoms with Crippen LogP contribution in [0.5, 0.6) is 0 Å².